The van der Waals surface area contributed by atoms with Gasteiger partial charge in [-0.3, -0.25) is 4.79 Å². The van der Waals surface area contributed by atoms with Crippen molar-refractivity contribution in [1.29, 1.82) is 0 Å². The number of nitrogens with zero attached hydrogens (tertiary/aromatic N) is 1. The molecule has 66 valence electrons. The molecule has 0 aromatic carbocycles. The summed E-state index contributed by atoms with van der Waals surface area (Å²) in [5, 5.41) is 0.116. The molecule has 1 rings (SSSR count). The van der Waals surface area contributed by atoms with Crippen molar-refractivity contribution in [1.82, 2.24) is 4.98 Å². The van der Waals surface area contributed by atoms with E-state index in [1.54, 1.807) is 18.3 Å². The van der Waals surface area contributed by atoms with Gasteiger partial charge in [-0.1, -0.05) is 0 Å². The van der Waals surface area contributed by atoms with Gasteiger partial charge >= 0.3 is 0 Å². The maximum Gasteiger partial charge on any atom is 0.196 e. The normalized spacial score (nSPS) is 10.2. The van der Waals surface area contributed by atoms with E-state index >= 15 is 0 Å². The highest BCUT2D eigenvalue weighted by atomic mass is 33.1. The van der Waals surface area contributed by atoms with E-state index in [4.69, 9.17) is 0 Å². The van der Waals surface area contributed by atoms with E-state index in [9.17, 15) is 4.79 Å². The molecule has 2 nitrogen and oxygen atoms in total. The summed E-state index contributed by atoms with van der Waals surface area (Å²) in [5.41, 5.74) is 1.06. The Morgan fingerprint density at radius 1 is 1.50 bits per heavy atom. The number of carbonyl (C=O) groups is 1. The Morgan fingerprint density at radius 2 is 2.17 bits per heavy atom. The average Bonchev–Trinajstić information content (AvgIpc) is 2.28. The van der Waals surface area contributed by atoms with E-state index < -0.39 is 0 Å². The smallest absolute Gasteiger partial charge is 0.196 e. The van der Waals surface area contributed by atoms with Gasteiger partial charge in [0.05, 0.1) is 5.69 Å². The molecule has 1 aromatic rings. The third-order valence-corrected chi connectivity index (χ3v) is 4.90. The van der Waals surface area contributed by atoms with Crippen LogP contribution in [0.25, 0.3) is 0 Å². The largest absolute Gasteiger partial charge is 0.287 e. The molecular formula is C7H9NOS3. The van der Waals surface area contributed by atoms with Gasteiger partial charge in [0.1, 0.15) is 0 Å². The van der Waals surface area contributed by atoms with Crippen LogP contribution in [0.15, 0.2) is 4.34 Å². The number of rotatable bonds is 2. The van der Waals surface area contributed by atoms with Crippen LogP contribution in [-0.2, 0) is 4.79 Å². The number of carbonyl (C=O) groups excluding carboxylic acids is 1. The first-order chi connectivity index (χ1) is 5.59. The fourth-order valence-corrected chi connectivity index (χ4v) is 3.38. The molecule has 0 unspecified atom stereocenters. The second-order valence-corrected chi connectivity index (χ2v) is 6.04. The van der Waals surface area contributed by atoms with Crippen molar-refractivity contribution in [2.45, 2.75) is 25.1 Å². The Balaban J connectivity index is 2.58. The van der Waals surface area contributed by atoms with Gasteiger partial charge in [-0.15, -0.1) is 11.3 Å². The number of hydrogen-bond acceptors (Lipinski definition) is 5. The summed E-state index contributed by atoms with van der Waals surface area (Å²) >= 11 is 1.64. The lowest BCUT2D eigenvalue weighted by molar-refractivity contribution is -0.109. The molecule has 0 aliphatic heterocycles. The summed E-state index contributed by atoms with van der Waals surface area (Å²) in [5.74, 6) is 0. The molecule has 1 heterocycles. The molecule has 5 heteroatoms. The van der Waals surface area contributed by atoms with Crippen LogP contribution < -0.4 is 0 Å². The average molecular weight is 219 g/mol. The summed E-state index contributed by atoms with van der Waals surface area (Å²) in [6.45, 7) is 5.58. The van der Waals surface area contributed by atoms with Crippen LogP contribution in [0.5, 0.6) is 0 Å². The van der Waals surface area contributed by atoms with Gasteiger partial charge in [-0.2, -0.15) is 0 Å². The van der Waals surface area contributed by atoms with Crippen LogP contribution in [-0.4, -0.2) is 10.1 Å². The maximum atomic E-state index is 10.6. The van der Waals surface area contributed by atoms with Crippen LogP contribution in [0.4, 0.5) is 0 Å². The zero-order chi connectivity index (χ0) is 9.14. The van der Waals surface area contributed by atoms with E-state index in [0.29, 0.717) is 0 Å². The van der Waals surface area contributed by atoms with Gasteiger partial charge in [0.15, 0.2) is 9.45 Å². The van der Waals surface area contributed by atoms with E-state index in [1.807, 2.05) is 13.8 Å². The van der Waals surface area contributed by atoms with Gasteiger partial charge in [0, 0.05) is 11.8 Å². The topological polar surface area (TPSA) is 30.0 Å². The van der Waals surface area contributed by atoms with Crippen molar-refractivity contribution in [3.8, 4) is 0 Å². The molecule has 0 aliphatic rings. The zero-order valence-electron chi connectivity index (χ0n) is 7.08. The number of aromatic nitrogens is 1. The molecule has 0 aliphatic carbocycles. The monoisotopic (exact) mass is 219 g/mol. The molecule has 0 atom stereocenters. The van der Waals surface area contributed by atoms with Gasteiger partial charge in [-0.25, -0.2) is 4.98 Å². The highest BCUT2D eigenvalue weighted by Gasteiger charge is 2.05. The van der Waals surface area contributed by atoms with Gasteiger partial charge in [-0.05, 0) is 35.4 Å². The Kier molecular flexibility index (Phi) is 3.61. The van der Waals surface area contributed by atoms with Crippen molar-refractivity contribution < 1.29 is 4.79 Å². The molecule has 0 saturated heterocycles. The Bertz CT molecular complexity index is 275. The van der Waals surface area contributed by atoms with E-state index in [-0.39, 0.29) is 5.12 Å². The van der Waals surface area contributed by atoms with E-state index in [1.165, 1.54) is 26.5 Å². The molecule has 0 N–H and O–H groups in total. The van der Waals surface area contributed by atoms with E-state index in [2.05, 4.69) is 4.98 Å². The minimum atomic E-state index is 0.116. The first-order valence-electron chi connectivity index (χ1n) is 3.38. The van der Waals surface area contributed by atoms with Gasteiger partial charge in [0.2, 0.25) is 0 Å². The highest BCUT2D eigenvalue weighted by Crippen LogP contribution is 2.35. The third-order valence-electron chi connectivity index (χ3n) is 1.24. The van der Waals surface area contributed by atoms with Crippen molar-refractivity contribution >= 4 is 38.0 Å². The summed E-state index contributed by atoms with van der Waals surface area (Å²) < 4.78 is 0.963. The predicted molar refractivity (Wildman–Crippen MR) is 55.7 cm³/mol. The molecule has 0 amide bonds. The lowest BCUT2D eigenvalue weighted by atomic mass is 10.4. The summed E-state index contributed by atoms with van der Waals surface area (Å²) in [6, 6.07) is 0. The molecule has 0 saturated carbocycles. The Morgan fingerprint density at radius 3 is 2.58 bits per heavy atom. The van der Waals surface area contributed by atoms with Crippen molar-refractivity contribution in [2.75, 3.05) is 0 Å². The molecule has 0 fully saturated rings. The highest BCUT2D eigenvalue weighted by molar-refractivity contribution is 8.82. The second kappa shape index (κ2) is 4.30. The molecule has 1 aromatic heterocycles. The van der Waals surface area contributed by atoms with Crippen LogP contribution in [0, 0.1) is 13.8 Å². The molecule has 0 radical (unpaired) electrons. The van der Waals surface area contributed by atoms with E-state index in [0.717, 1.165) is 10.0 Å². The molecule has 0 spiro atoms. The minimum absolute atomic E-state index is 0.116. The first-order valence-corrected chi connectivity index (χ1v) is 6.35. The Labute approximate surface area is 83.6 Å². The number of hydrogen-bond donors (Lipinski definition) is 0. The fraction of sp³-hybridized carbons (Fsp3) is 0.429. The van der Waals surface area contributed by atoms with Crippen LogP contribution in [0.1, 0.15) is 17.5 Å². The van der Waals surface area contributed by atoms with Crippen molar-refractivity contribution in [2.24, 2.45) is 0 Å². The third kappa shape index (κ3) is 2.80. The fourth-order valence-electron chi connectivity index (χ4n) is 0.573. The second-order valence-electron chi connectivity index (χ2n) is 2.28. The number of aryl methyl sites for hydroxylation is 2. The maximum absolute atomic E-state index is 10.6. The van der Waals surface area contributed by atoms with Crippen molar-refractivity contribution in [3.63, 3.8) is 0 Å². The molecule has 0 bridgehead atoms. The lowest BCUT2D eigenvalue weighted by Crippen LogP contribution is -1.75. The molecule has 12 heavy (non-hydrogen) atoms. The minimum Gasteiger partial charge on any atom is -0.287 e. The summed E-state index contributed by atoms with van der Waals surface area (Å²) in [6.07, 6.45) is 0. The van der Waals surface area contributed by atoms with Crippen molar-refractivity contribution in [3.05, 3.63) is 10.6 Å². The molecular weight excluding hydrogens is 210 g/mol. The van der Waals surface area contributed by atoms with Gasteiger partial charge < -0.3 is 0 Å². The standard InChI is InChI=1S/C7H9NOS3/c1-4-5(2)10-7(8-4)12-11-6(3)9/h1-3H3. The Hall–Kier alpha value is -0.0000000000000000833. The lowest BCUT2D eigenvalue weighted by Gasteiger charge is -1.88. The van der Waals surface area contributed by atoms with Crippen LogP contribution >= 0.6 is 32.9 Å². The zero-order valence-corrected chi connectivity index (χ0v) is 9.53. The summed E-state index contributed by atoms with van der Waals surface area (Å²) in [7, 11) is 2.67. The van der Waals surface area contributed by atoms with Crippen LogP contribution in [0.3, 0.4) is 0 Å². The first kappa shape index (κ1) is 10.1. The number of thiazole rings is 1. The van der Waals surface area contributed by atoms with Gasteiger partial charge in [0.25, 0.3) is 0 Å². The summed E-state index contributed by atoms with van der Waals surface area (Å²) in [4.78, 5) is 16.1. The SMILES string of the molecule is CC(=O)SSc1nc(C)c(C)s1. The van der Waals surface area contributed by atoms with Crippen LogP contribution in [0.2, 0.25) is 0 Å². The quantitative estimate of drug-likeness (QED) is 0.715. The predicted octanol–water partition coefficient (Wildman–Crippen LogP) is 3.05.